The monoisotopic (exact) mass is 206 g/mol. The molecule has 6 heteroatoms. The minimum absolute atomic E-state index is 0.336. The third-order valence-electron chi connectivity index (χ3n) is 1.93. The van der Waals surface area contributed by atoms with Gasteiger partial charge in [-0.15, -0.1) is 0 Å². The molecular formula is C9H10N4O2. The molecular weight excluding hydrogens is 196 g/mol. The zero-order valence-electron chi connectivity index (χ0n) is 8.15. The number of aromatic nitrogens is 4. The van der Waals surface area contributed by atoms with Gasteiger partial charge in [0.15, 0.2) is 5.69 Å². The van der Waals surface area contributed by atoms with Gasteiger partial charge in [-0.1, -0.05) is 0 Å². The highest BCUT2D eigenvalue weighted by atomic mass is 16.5. The van der Waals surface area contributed by atoms with Crippen molar-refractivity contribution < 1.29 is 9.53 Å². The minimum atomic E-state index is -0.411. The van der Waals surface area contributed by atoms with Crippen LogP contribution in [0.15, 0.2) is 18.6 Å². The number of nitrogens with one attached hydrogen (secondary N) is 2. The van der Waals surface area contributed by atoms with E-state index >= 15 is 0 Å². The van der Waals surface area contributed by atoms with Crippen LogP contribution in [0.4, 0.5) is 0 Å². The first-order chi connectivity index (χ1) is 7.33. The third-order valence-corrected chi connectivity index (χ3v) is 1.93. The first-order valence-corrected chi connectivity index (χ1v) is 4.52. The van der Waals surface area contributed by atoms with Crippen molar-refractivity contribution in [2.75, 3.05) is 6.61 Å². The van der Waals surface area contributed by atoms with E-state index in [2.05, 4.69) is 20.4 Å². The quantitative estimate of drug-likeness (QED) is 0.733. The zero-order chi connectivity index (χ0) is 10.7. The van der Waals surface area contributed by atoms with E-state index in [0.29, 0.717) is 17.9 Å². The molecule has 6 nitrogen and oxygen atoms in total. The Morgan fingerprint density at radius 1 is 1.47 bits per heavy atom. The number of aromatic amines is 2. The Labute approximate surface area is 85.7 Å². The van der Waals surface area contributed by atoms with Gasteiger partial charge in [0.25, 0.3) is 0 Å². The third kappa shape index (κ3) is 1.74. The van der Waals surface area contributed by atoms with Gasteiger partial charge in [0.1, 0.15) is 0 Å². The van der Waals surface area contributed by atoms with E-state index in [9.17, 15) is 4.79 Å². The largest absolute Gasteiger partial charge is 0.461 e. The van der Waals surface area contributed by atoms with Crippen molar-refractivity contribution in [3.8, 4) is 11.1 Å². The van der Waals surface area contributed by atoms with E-state index in [4.69, 9.17) is 4.74 Å². The fourth-order valence-corrected chi connectivity index (χ4v) is 1.26. The SMILES string of the molecule is CCOC(=O)c1[nH]ncc1-c1cn[nH]c1. The Balaban J connectivity index is 2.34. The maximum atomic E-state index is 11.5. The van der Waals surface area contributed by atoms with E-state index in [1.165, 1.54) is 0 Å². The summed E-state index contributed by atoms with van der Waals surface area (Å²) in [4.78, 5) is 11.5. The van der Waals surface area contributed by atoms with Gasteiger partial charge in [0.05, 0.1) is 19.0 Å². The number of carbonyl (C=O) groups is 1. The predicted molar refractivity (Wildman–Crippen MR) is 52.1 cm³/mol. The van der Waals surface area contributed by atoms with Crippen LogP contribution in [-0.4, -0.2) is 33.0 Å². The highest BCUT2D eigenvalue weighted by Gasteiger charge is 2.16. The molecule has 0 saturated heterocycles. The number of hydrogen-bond donors (Lipinski definition) is 2. The molecule has 0 spiro atoms. The summed E-state index contributed by atoms with van der Waals surface area (Å²) in [7, 11) is 0. The molecule has 0 aromatic carbocycles. The summed E-state index contributed by atoms with van der Waals surface area (Å²) in [5, 5.41) is 12.9. The first kappa shape index (κ1) is 9.45. The Bertz CT molecular complexity index is 446. The Kier molecular flexibility index (Phi) is 2.49. The highest BCUT2D eigenvalue weighted by Crippen LogP contribution is 2.20. The summed E-state index contributed by atoms with van der Waals surface area (Å²) >= 11 is 0. The average molecular weight is 206 g/mol. The van der Waals surface area contributed by atoms with Crippen molar-refractivity contribution in [1.82, 2.24) is 20.4 Å². The Morgan fingerprint density at radius 3 is 3.00 bits per heavy atom. The number of hydrogen-bond acceptors (Lipinski definition) is 4. The van der Waals surface area contributed by atoms with Gasteiger partial charge in [-0.3, -0.25) is 10.2 Å². The molecule has 78 valence electrons. The topological polar surface area (TPSA) is 83.7 Å². The van der Waals surface area contributed by atoms with Crippen molar-refractivity contribution in [3.05, 3.63) is 24.3 Å². The van der Waals surface area contributed by atoms with Gasteiger partial charge in [-0.2, -0.15) is 10.2 Å². The summed E-state index contributed by atoms with van der Waals surface area (Å²) in [6, 6.07) is 0. The van der Waals surface area contributed by atoms with Gasteiger partial charge in [-0.25, -0.2) is 4.79 Å². The number of carbonyl (C=O) groups excluding carboxylic acids is 1. The van der Waals surface area contributed by atoms with Crippen LogP contribution in [0.1, 0.15) is 17.4 Å². The van der Waals surface area contributed by atoms with Crippen LogP contribution in [0.25, 0.3) is 11.1 Å². The van der Waals surface area contributed by atoms with Crippen LogP contribution < -0.4 is 0 Å². The number of rotatable bonds is 3. The van der Waals surface area contributed by atoms with E-state index in [1.54, 1.807) is 25.5 Å². The zero-order valence-corrected chi connectivity index (χ0v) is 8.15. The molecule has 0 saturated carbocycles. The van der Waals surface area contributed by atoms with Crippen LogP contribution in [0.3, 0.4) is 0 Å². The normalized spacial score (nSPS) is 10.2. The van der Waals surface area contributed by atoms with E-state index < -0.39 is 5.97 Å². The number of esters is 1. The van der Waals surface area contributed by atoms with E-state index in [-0.39, 0.29) is 0 Å². The smallest absolute Gasteiger partial charge is 0.356 e. The molecule has 0 aliphatic carbocycles. The maximum absolute atomic E-state index is 11.5. The molecule has 15 heavy (non-hydrogen) atoms. The molecule has 0 unspecified atom stereocenters. The summed E-state index contributed by atoms with van der Waals surface area (Å²) in [5.74, 6) is -0.411. The molecule has 0 aliphatic heterocycles. The fourth-order valence-electron chi connectivity index (χ4n) is 1.26. The second-order valence-electron chi connectivity index (χ2n) is 2.87. The molecule has 0 fully saturated rings. The molecule has 2 aromatic heterocycles. The number of ether oxygens (including phenoxy) is 1. The molecule has 0 bridgehead atoms. The van der Waals surface area contributed by atoms with Gasteiger partial charge in [0.2, 0.25) is 0 Å². The van der Waals surface area contributed by atoms with Gasteiger partial charge in [0, 0.05) is 17.3 Å². The van der Waals surface area contributed by atoms with Gasteiger partial charge < -0.3 is 4.74 Å². The second-order valence-corrected chi connectivity index (χ2v) is 2.87. The molecule has 0 amide bonds. The van der Waals surface area contributed by atoms with Crippen molar-refractivity contribution in [1.29, 1.82) is 0 Å². The summed E-state index contributed by atoms with van der Waals surface area (Å²) in [5.41, 5.74) is 1.83. The van der Waals surface area contributed by atoms with E-state index in [0.717, 1.165) is 5.56 Å². The van der Waals surface area contributed by atoms with Crippen molar-refractivity contribution in [3.63, 3.8) is 0 Å². The summed E-state index contributed by atoms with van der Waals surface area (Å²) < 4.78 is 4.88. The molecule has 2 N–H and O–H groups in total. The minimum Gasteiger partial charge on any atom is -0.461 e. The predicted octanol–water partition coefficient (Wildman–Crippen LogP) is 0.976. The van der Waals surface area contributed by atoms with E-state index in [1.807, 2.05) is 0 Å². The molecule has 0 atom stereocenters. The lowest BCUT2D eigenvalue weighted by molar-refractivity contribution is 0.0520. The van der Waals surface area contributed by atoms with Crippen molar-refractivity contribution in [2.45, 2.75) is 6.92 Å². The lowest BCUT2D eigenvalue weighted by Gasteiger charge is -2.00. The maximum Gasteiger partial charge on any atom is 0.356 e. The first-order valence-electron chi connectivity index (χ1n) is 4.52. The van der Waals surface area contributed by atoms with Crippen LogP contribution in [0, 0.1) is 0 Å². The summed E-state index contributed by atoms with van der Waals surface area (Å²) in [6.07, 6.45) is 4.87. The lowest BCUT2D eigenvalue weighted by atomic mass is 10.1. The average Bonchev–Trinajstić information content (AvgIpc) is 2.88. The number of H-pyrrole nitrogens is 2. The summed E-state index contributed by atoms with van der Waals surface area (Å²) in [6.45, 7) is 2.09. The lowest BCUT2D eigenvalue weighted by Crippen LogP contribution is -2.06. The molecule has 0 radical (unpaired) electrons. The number of nitrogens with zero attached hydrogens (tertiary/aromatic N) is 2. The molecule has 2 rings (SSSR count). The molecule has 0 aliphatic rings. The standard InChI is InChI=1S/C9H10N4O2/c1-2-15-9(14)8-7(5-12-13-8)6-3-10-11-4-6/h3-5H,2H2,1H3,(H,10,11)(H,12,13). The van der Waals surface area contributed by atoms with Crippen LogP contribution in [0.5, 0.6) is 0 Å². The molecule has 2 heterocycles. The van der Waals surface area contributed by atoms with Crippen molar-refractivity contribution in [2.24, 2.45) is 0 Å². The van der Waals surface area contributed by atoms with Gasteiger partial charge >= 0.3 is 5.97 Å². The Hall–Kier alpha value is -2.11. The van der Waals surface area contributed by atoms with Crippen molar-refractivity contribution >= 4 is 5.97 Å². The van der Waals surface area contributed by atoms with Crippen LogP contribution in [-0.2, 0) is 4.74 Å². The van der Waals surface area contributed by atoms with Gasteiger partial charge in [-0.05, 0) is 6.92 Å². The highest BCUT2D eigenvalue weighted by molar-refractivity contribution is 5.94. The fraction of sp³-hybridized carbons (Fsp3) is 0.222. The molecule has 2 aromatic rings. The Morgan fingerprint density at radius 2 is 2.33 bits per heavy atom. The van der Waals surface area contributed by atoms with Crippen LogP contribution >= 0.6 is 0 Å². The van der Waals surface area contributed by atoms with Crippen LogP contribution in [0.2, 0.25) is 0 Å². The second kappa shape index (κ2) is 3.95.